The van der Waals surface area contributed by atoms with E-state index in [9.17, 15) is 0 Å². The van der Waals surface area contributed by atoms with E-state index in [1.54, 1.807) is 0 Å². The number of nitrogens with one attached hydrogen (secondary N) is 1. The highest BCUT2D eigenvalue weighted by Crippen LogP contribution is 2.28. The van der Waals surface area contributed by atoms with Gasteiger partial charge in [0.15, 0.2) is 0 Å². The molecule has 1 saturated carbocycles. The highest BCUT2D eigenvalue weighted by molar-refractivity contribution is 4.76. The van der Waals surface area contributed by atoms with Crippen LogP contribution in [0.25, 0.3) is 0 Å². The Morgan fingerprint density at radius 2 is 1.88 bits per heavy atom. The summed E-state index contributed by atoms with van der Waals surface area (Å²) < 4.78 is 0. The van der Waals surface area contributed by atoms with E-state index < -0.39 is 0 Å². The van der Waals surface area contributed by atoms with Crippen molar-refractivity contribution in [1.82, 2.24) is 5.32 Å². The normalized spacial score (nSPS) is 28.1. The standard InChI is InChI=1S/C15H31NO/c1-12(2)14-5-4-6-15(8-7-14)16-11-13(3)9-10-17/h12-17H,4-11H2,1-3H3. The zero-order valence-corrected chi connectivity index (χ0v) is 11.9. The first-order valence-electron chi connectivity index (χ1n) is 7.47. The molecule has 2 nitrogen and oxygen atoms in total. The predicted octanol–water partition coefficient (Wildman–Crippen LogP) is 3.20. The van der Waals surface area contributed by atoms with Crippen molar-refractivity contribution in [3.05, 3.63) is 0 Å². The van der Waals surface area contributed by atoms with Gasteiger partial charge in [-0.1, -0.05) is 33.6 Å². The molecule has 1 aliphatic rings. The summed E-state index contributed by atoms with van der Waals surface area (Å²) in [6, 6.07) is 0.722. The van der Waals surface area contributed by atoms with Gasteiger partial charge in [-0.15, -0.1) is 0 Å². The summed E-state index contributed by atoms with van der Waals surface area (Å²) in [5, 5.41) is 12.6. The lowest BCUT2D eigenvalue weighted by Crippen LogP contribution is -2.32. The molecule has 0 aromatic rings. The number of hydrogen-bond acceptors (Lipinski definition) is 2. The lowest BCUT2D eigenvalue weighted by molar-refractivity contribution is 0.256. The Morgan fingerprint density at radius 1 is 1.12 bits per heavy atom. The second kappa shape index (κ2) is 8.10. The average molecular weight is 241 g/mol. The highest BCUT2D eigenvalue weighted by Gasteiger charge is 2.20. The van der Waals surface area contributed by atoms with Crippen molar-refractivity contribution in [3.8, 4) is 0 Å². The van der Waals surface area contributed by atoms with Crippen LogP contribution in [-0.4, -0.2) is 24.3 Å². The third kappa shape index (κ3) is 5.87. The summed E-state index contributed by atoms with van der Waals surface area (Å²) in [6.07, 6.45) is 7.80. The molecule has 17 heavy (non-hydrogen) atoms. The molecule has 3 atom stereocenters. The van der Waals surface area contributed by atoms with Gasteiger partial charge in [0.2, 0.25) is 0 Å². The third-order valence-corrected chi connectivity index (χ3v) is 4.33. The maximum absolute atomic E-state index is 8.89. The van der Waals surface area contributed by atoms with Gasteiger partial charge in [-0.3, -0.25) is 0 Å². The molecule has 0 bridgehead atoms. The molecule has 2 heteroatoms. The monoisotopic (exact) mass is 241 g/mol. The van der Waals surface area contributed by atoms with Crippen LogP contribution in [0.3, 0.4) is 0 Å². The maximum Gasteiger partial charge on any atom is 0.0434 e. The van der Waals surface area contributed by atoms with Gasteiger partial charge >= 0.3 is 0 Å². The summed E-state index contributed by atoms with van der Waals surface area (Å²) >= 11 is 0. The van der Waals surface area contributed by atoms with Crippen molar-refractivity contribution in [3.63, 3.8) is 0 Å². The van der Waals surface area contributed by atoms with Crippen molar-refractivity contribution in [2.45, 2.75) is 65.3 Å². The molecular weight excluding hydrogens is 210 g/mol. The molecule has 0 heterocycles. The van der Waals surface area contributed by atoms with Crippen LogP contribution in [0.4, 0.5) is 0 Å². The van der Waals surface area contributed by atoms with Crippen LogP contribution in [0.15, 0.2) is 0 Å². The largest absolute Gasteiger partial charge is 0.396 e. The molecule has 0 amide bonds. The first kappa shape index (κ1) is 15.0. The fourth-order valence-corrected chi connectivity index (χ4v) is 2.89. The first-order chi connectivity index (χ1) is 8.13. The number of hydrogen-bond donors (Lipinski definition) is 2. The molecule has 3 unspecified atom stereocenters. The molecular formula is C15H31NO. The van der Waals surface area contributed by atoms with Gasteiger partial charge in [0.1, 0.15) is 0 Å². The minimum absolute atomic E-state index is 0.322. The first-order valence-corrected chi connectivity index (χ1v) is 7.47. The summed E-state index contributed by atoms with van der Waals surface area (Å²) in [7, 11) is 0. The molecule has 0 aromatic heterocycles. The van der Waals surface area contributed by atoms with Crippen LogP contribution in [0.5, 0.6) is 0 Å². The summed E-state index contributed by atoms with van der Waals surface area (Å²) in [5.41, 5.74) is 0. The minimum atomic E-state index is 0.322. The van der Waals surface area contributed by atoms with E-state index in [0.29, 0.717) is 12.5 Å². The molecule has 1 rings (SSSR count). The van der Waals surface area contributed by atoms with Gasteiger partial charge < -0.3 is 10.4 Å². The number of aliphatic hydroxyl groups is 1. The van der Waals surface area contributed by atoms with Gasteiger partial charge in [-0.25, -0.2) is 0 Å². The zero-order valence-electron chi connectivity index (χ0n) is 11.9. The second-order valence-corrected chi connectivity index (χ2v) is 6.23. The van der Waals surface area contributed by atoms with Crippen LogP contribution < -0.4 is 5.32 Å². The number of rotatable bonds is 6. The minimum Gasteiger partial charge on any atom is -0.396 e. The van der Waals surface area contributed by atoms with Crippen molar-refractivity contribution in [2.75, 3.05) is 13.2 Å². The second-order valence-electron chi connectivity index (χ2n) is 6.23. The molecule has 1 aliphatic carbocycles. The average Bonchev–Trinajstić information content (AvgIpc) is 2.52. The van der Waals surface area contributed by atoms with Gasteiger partial charge in [0.05, 0.1) is 0 Å². The Morgan fingerprint density at radius 3 is 2.53 bits per heavy atom. The van der Waals surface area contributed by atoms with E-state index >= 15 is 0 Å². The SMILES string of the molecule is CC(CCO)CNC1CCCC(C(C)C)CC1. The molecule has 102 valence electrons. The number of aliphatic hydroxyl groups excluding tert-OH is 1. The van der Waals surface area contributed by atoms with E-state index in [2.05, 4.69) is 26.1 Å². The van der Waals surface area contributed by atoms with Crippen molar-refractivity contribution in [1.29, 1.82) is 0 Å². The summed E-state index contributed by atoms with van der Waals surface area (Å²) in [5.74, 6) is 2.39. The van der Waals surface area contributed by atoms with E-state index in [0.717, 1.165) is 30.8 Å². The van der Waals surface area contributed by atoms with Crippen LogP contribution in [0.1, 0.15) is 59.3 Å². The third-order valence-electron chi connectivity index (χ3n) is 4.33. The quantitative estimate of drug-likeness (QED) is 0.700. The molecule has 1 fully saturated rings. The van der Waals surface area contributed by atoms with Crippen LogP contribution in [0.2, 0.25) is 0 Å². The van der Waals surface area contributed by atoms with E-state index in [1.807, 2.05) is 0 Å². The maximum atomic E-state index is 8.89. The Balaban J connectivity index is 2.22. The van der Waals surface area contributed by atoms with Gasteiger partial charge in [0, 0.05) is 12.6 Å². The molecule has 2 N–H and O–H groups in total. The lowest BCUT2D eigenvalue weighted by atomic mass is 9.89. The lowest BCUT2D eigenvalue weighted by Gasteiger charge is -2.20. The van der Waals surface area contributed by atoms with E-state index in [-0.39, 0.29) is 0 Å². The van der Waals surface area contributed by atoms with Crippen LogP contribution >= 0.6 is 0 Å². The van der Waals surface area contributed by atoms with Crippen molar-refractivity contribution < 1.29 is 5.11 Å². The molecule has 0 spiro atoms. The summed E-state index contributed by atoms with van der Waals surface area (Å²) in [6.45, 7) is 8.33. The predicted molar refractivity (Wildman–Crippen MR) is 74.1 cm³/mol. The van der Waals surface area contributed by atoms with E-state index in [1.165, 1.54) is 32.1 Å². The zero-order chi connectivity index (χ0) is 12.7. The summed E-state index contributed by atoms with van der Waals surface area (Å²) in [4.78, 5) is 0. The van der Waals surface area contributed by atoms with Gasteiger partial charge in [-0.05, 0) is 50.0 Å². The van der Waals surface area contributed by atoms with Crippen molar-refractivity contribution in [2.24, 2.45) is 17.8 Å². The fourth-order valence-electron chi connectivity index (χ4n) is 2.89. The van der Waals surface area contributed by atoms with Crippen LogP contribution in [-0.2, 0) is 0 Å². The Hall–Kier alpha value is -0.0800. The van der Waals surface area contributed by atoms with Gasteiger partial charge in [0.25, 0.3) is 0 Å². The Kier molecular flexibility index (Phi) is 7.14. The highest BCUT2D eigenvalue weighted by atomic mass is 16.3. The Labute approximate surface area is 107 Å². The van der Waals surface area contributed by atoms with Crippen molar-refractivity contribution >= 4 is 0 Å². The molecule has 0 aromatic carbocycles. The van der Waals surface area contributed by atoms with Gasteiger partial charge in [-0.2, -0.15) is 0 Å². The molecule has 0 saturated heterocycles. The molecule has 0 radical (unpaired) electrons. The molecule has 0 aliphatic heterocycles. The smallest absolute Gasteiger partial charge is 0.0434 e. The van der Waals surface area contributed by atoms with E-state index in [4.69, 9.17) is 5.11 Å². The topological polar surface area (TPSA) is 32.3 Å². The Bertz CT molecular complexity index is 193. The fraction of sp³-hybridized carbons (Fsp3) is 1.00. The van der Waals surface area contributed by atoms with Crippen LogP contribution in [0, 0.1) is 17.8 Å².